The molecule has 0 radical (unpaired) electrons. The predicted octanol–water partition coefficient (Wildman–Crippen LogP) is 2.94. The molecule has 3 N–H and O–H groups in total. The molecule has 1 heterocycles. The highest BCUT2D eigenvalue weighted by Gasteiger charge is 2.25. The van der Waals surface area contributed by atoms with E-state index in [9.17, 15) is 9.90 Å². The summed E-state index contributed by atoms with van der Waals surface area (Å²) in [4.78, 5) is 13.4. The number of hydrogen-bond acceptors (Lipinski definition) is 4. The molecule has 0 saturated carbocycles. The van der Waals surface area contributed by atoms with Crippen LogP contribution < -0.4 is 10.6 Å². The van der Waals surface area contributed by atoms with Gasteiger partial charge in [-0.15, -0.1) is 11.8 Å². The van der Waals surface area contributed by atoms with Gasteiger partial charge in [0.25, 0.3) is 5.91 Å². The van der Waals surface area contributed by atoms with Gasteiger partial charge in [0.05, 0.1) is 6.10 Å². The van der Waals surface area contributed by atoms with Gasteiger partial charge in [-0.25, -0.2) is 0 Å². The Kier molecular flexibility index (Phi) is 6.37. The SMILES string of the molecule is O=C(NCC1CNCC1O)c1ccc(CSc2ccc(Cl)cc2)cc1. The molecule has 1 amide bonds. The number of β-amino-alcohol motifs (C(OH)–C–C–N with tert-alkyl or cyclic N) is 1. The fourth-order valence-corrected chi connectivity index (χ4v) is 3.68. The Hall–Kier alpha value is -1.53. The van der Waals surface area contributed by atoms with Gasteiger partial charge in [0.2, 0.25) is 0 Å². The highest BCUT2D eigenvalue weighted by molar-refractivity contribution is 7.98. The third kappa shape index (κ3) is 5.22. The van der Waals surface area contributed by atoms with Crippen LogP contribution in [-0.4, -0.2) is 36.8 Å². The molecule has 0 bridgehead atoms. The molecule has 2 atom stereocenters. The van der Waals surface area contributed by atoms with E-state index >= 15 is 0 Å². The lowest BCUT2D eigenvalue weighted by Gasteiger charge is -2.14. The second-order valence-electron chi connectivity index (χ2n) is 6.14. The summed E-state index contributed by atoms with van der Waals surface area (Å²) in [5.74, 6) is 0.818. The Balaban J connectivity index is 1.49. The molecule has 2 aromatic rings. The zero-order valence-electron chi connectivity index (χ0n) is 13.7. The molecule has 2 unspecified atom stereocenters. The summed E-state index contributed by atoms with van der Waals surface area (Å²) in [6.45, 7) is 1.82. The molecule has 1 aliphatic heterocycles. The monoisotopic (exact) mass is 376 g/mol. The molecule has 0 aliphatic carbocycles. The van der Waals surface area contributed by atoms with Crippen LogP contribution in [0, 0.1) is 5.92 Å². The molecular formula is C19H21ClN2O2S. The van der Waals surface area contributed by atoms with Gasteiger partial charge in [-0.3, -0.25) is 4.79 Å². The maximum Gasteiger partial charge on any atom is 0.251 e. The van der Waals surface area contributed by atoms with Crippen LogP contribution in [0.2, 0.25) is 5.02 Å². The minimum atomic E-state index is -0.382. The minimum Gasteiger partial charge on any atom is -0.391 e. The van der Waals surface area contributed by atoms with E-state index in [4.69, 9.17) is 11.6 Å². The van der Waals surface area contributed by atoms with E-state index < -0.39 is 0 Å². The van der Waals surface area contributed by atoms with E-state index in [1.54, 1.807) is 11.8 Å². The molecule has 0 aromatic heterocycles. The first-order valence-electron chi connectivity index (χ1n) is 8.26. The molecule has 1 fully saturated rings. The van der Waals surface area contributed by atoms with Crippen LogP contribution in [0.3, 0.4) is 0 Å². The van der Waals surface area contributed by atoms with Crippen LogP contribution in [0.25, 0.3) is 0 Å². The number of benzene rings is 2. The standard InChI is InChI=1S/C19H21ClN2O2S/c20-16-5-7-17(8-6-16)25-12-13-1-3-14(4-2-13)19(24)22-10-15-9-21-11-18(15)23/h1-8,15,18,21,23H,9-12H2,(H,22,24). The number of amides is 1. The Bertz CT molecular complexity index is 706. The van der Waals surface area contributed by atoms with Gasteiger partial charge >= 0.3 is 0 Å². The van der Waals surface area contributed by atoms with E-state index in [0.717, 1.165) is 27.8 Å². The summed E-state index contributed by atoms with van der Waals surface area (Å²) in [6, 6.07) is 15.4. The van der Waals surface area contributed by atoms with Gasteiger partial charge in [0, 0.05) is 46.8 Å². The zero-order valence-corrected chi connectivity index (χ0v) is 15.3. The van der Waals surface area contributed by atoms with E-state index in [-0.39, 0.29) is 17.9 Å². The van der Waals surface area contributed by atoms with Crippen molar-refractivity contribution < 1.29 is 9.90 Å². The lowest BCUT2D eigenvalue weighted by Crippen LogP contribution is -2.34. The van der Waals surface area contributed by atoms with Crippen molar-refractivity contribution in [1.29, 1.82) is 0 Å². The average Bonchev–Trinajstić information content (AvgIpc) is 3.04. The fourth-order valence-electron chi connectivity index (χ4n) is 2.70. The fraction of sp³-hybridized carbons (Fsp3) is 0.316. The Labute approximate surface area is 157 Å². The van der Waals surface area contributed by atoms with Crippen LogP contribution in [-0.2, 0) is 5.75 Å². The number of rotatable bonds is 6. The first-order chi connectivity index (χ1) is 12.1. The molecule has 1 saturated heterocycles. The average molecular weight is 377 g/mol. The molecule has 132 valence electrons. The first kappa shape index (κ1) is 18.3. The Morgan fingerprint density at radius 3 is 2.52 bits per heavy atom. The summed E-state index contributed by atoms with van der Waals surface area (Å²) in [6.07, 6.45) is -0.382. The zero-order chi connectivity index (χ0) is 17.6. The molecular weight excluding hydrogens is 356 g/mol. The van der Waals surface area contributed by atoms with Crippen molar-refractivity contribution in [2.75, 3.05) is 19.6 Å². The number of aliphatic hydroxyl groups excluding tert-OH is 1. The first-order valence-corrected chi connectivity index (χ1v) is 9.62. The molecule has 0 spiro atoms. The van der Waals surface area contributed by atoms with Gasteiger partial charge in [-0.1, -0.05) is 23.7 Å². The number of thioether (sulfide) groups is 1. The summed E-state index contributed by atoms with van der Waals surface area (Å²) >= 11 is 7.62. The number of nitrogens with one attached hydrogen (secondary N) is 2. The van der Waals surface area contributed by atoms with Crippen molar-refractivity contribution in [3.8, 4) is 0 Å². The molecule has 1 aliphatic rings. The quantitative estimate of drug-likeness (QED) is 0.678. The number of halogens is 1. The Morgan fingerprint density at radius 2 is 1.88 bits per heavy atom. The third-order valence-corrected chi connectivity index (χ3v) is 5.60. The van der Waals surface area contributed by atoms with Crippen LogP contribution in [0.1, 0.15) is 15.9 Å². The smallest absolute Gasteiger partial charge is 0.251 e. The number of hydrogen-bond donors (Lipinski definition) is 3. The third-order valence-electron chi connectivity index (χ3n) is 4.26. The molecule has 2 aromatic carbocycles. The molecule has 3 rings (SSSR count). The number of aliphatic hydroxyl groups is 1. The van der Waals surface area contributed by atoms with Crippen LogP contribution >= 0.6 is 23.4 Å². The second kappa shape index (κ2) is 8.72. The van der Waals surface area contributed by atoms with Crippen LogP contribution in [0.5, 0.6) is 0 Å². The van der Waals surface area contributed by atoms with Crippen molar-refractivity contribution in [3.05, 3.63) is 64.7 Å². The van der Waals surface area contributed by atoms with E-state index in [1.807, 2.05) is 48.5 Å². The molecule has 6 heteroatoms. The van der Waals surface area contributed by atoms with Gasteiger partial charge in [0.15, 0.2) is 0 Å². The van der Waals surface area contributed by atoms with E-state index in [2.05, 4.69) is 10.6 Å². The molecule has 4 nitrogen and oxygen atoms in total. The number of carbonyl (C=O) groups is 1. The van der Waals surface area contributed by atoms with Crippen molar-refractivity contribution in [1.82, 2.24) is 10.6 Å². The second-order valence-corrected chi connectivity index (χ2v) is 7.62. The van der Waals surface area contributed by atoms with Crippen molar-refractivity contribution in [3.63, 3.8) is 0 Å². The normalized spacial score (nSPS) is 19.8. The van der Waals surface area contributed by atoms with Gasteiger partial charge < -0.3 is 15.7 Å². The van der Waals surface area contributed by atoms with Gasteiger partial charge in [0.1, 0.15) is 0 Å². The molecule has 25 heavy (non-hydrogen) atoms. The maximum absolute atomic E-state index is 12.2. The largest absolute Gasteiger partial charge is 0.391 e. The van der Waals surface area contributed by atoms with Crippen LogP contribution in [0.15, 0.2) is 53.4 Å². The lowest BCUT2D eigenvalue weighted by molar-refractivity contribution is 0.0927. The van der Waals surface area contributed by atoms with Crippen molar-refractivity contribution >= 4 is 29.3 Å². The highest BCUT2D eigenvalue weighted by Crippen LogP contribution is 2.24. The minimum absolute atomic E-state index is 0.0824. The predicted molar refractivity (Wildman–Crippen MR) is 102 cm³/mol. The highest BCUT2D eigenvalue weighted by atomic mass is 35.5. The van der Waals surface area contributed by atoms with E-state index in [0.29, 0.717) is 18.7 Å². The Morgan fingerprint density at radius 1 is 1.16 bits per heavy atom. The van der Waals surface area contributed by atoms with Gasteiger partial charge in [-0.05, 0) is 42.0 Å². The van der Waals surface area contributed by atoms with Gasteiger partial charge in [-0.2, -0.15) is 0 Å². The maximum atomic E-state index is 12.2. The summed E-state index contributed by atoms with van der Waals surface area (Å²) in [5.41, 5.74) is 1.80. The summed E-state index contributed by atoms with van der Waals surface area (Å²) < 4.78 is 0. The summed E-state index contributed by atoms with van der Waals surface area (Å²) in [7, 11) is 0. The topological polar surface area (TPSA) is 61.4 Å². The number of carbonyl (C=O) groups excluding carboxylic acids is 1. The van der Waals surface area contributed by atoms with Crippen molar-refractivity contribution in [2.24, 2.45) is 5.92 Å². The van der Waals surface area contributed by atoms with Crippen LogP contribution in [0.4, 0.5) is 0 Å². The summed E-state index contributed by atoms with van der Waals surface area (Å²) in [5, 5.41) is 16.5. The van der Waals surface area contributed by atoms with E-state index in [1.165, 1.54) is 0 Å². The lowest BCUT2D eigenvalue weighted by atomic mass is 10.1. The van der Waals surface area contributed by atoms with Crippen molar-refractivity contribution in [2.45, 2.75) is 16.8 Å².